The molecule has 3 aromatic heterocycles. The van der Waals surface area contributed by atoms with Gasteiger partial charge in [-0.1, -0.05) is 29.3 Å². The van der Waals surface area contributed by atoms with E-state index in [4.69, 9.17) is 40.4 Å². The van der Waals surface area contributed by atoms with Crippen LogP contribution in [0.1, 0.15) is 46.1 Å². The molecule has 9 nitrogen and oxygen atoms in total. The molecule has 1 saturated carbocycles. The van der Waals surface area contributed by atoms with Gasteiger partial charge in [0.25, 0.3) is 5.91 Å². The number of hydrogen-bond acceptors (Lipinski definition) is 5. The summed E-state index contributed by atoms with van der Waals surface area (Å²) in [6.07, 6.45) is 5.61. The van der Waals surface area contributed by atoms with Gasteiger partial charge in [-0.05, 0) is 55.7 Å². The van der Waals surface area contributed by atoms with Gasteiger partial charge in [0.2, 0.25) is 0 Å². The summed E-state index contributed by atoms with van der Waals surface area (Å²) < 4.78 is 3.45. The highest BCUT2D eigenvalue weighted by Gasteiger charge is 2.28. The Kier molecular flexibility index (Phi) is 6.35. The van der Waals surface area contributed by atoms with Crippen molar-refractivity contribution < 1.29 is 4.79 Å². The summed E-state index contributed by atoms with van der Waals surface area (Å²) in [4.78, 5) is 17.8. The van der Waals surface area contributed by atoms with Gasteiger partial charge in [-0.25, -0.2) is 4.98 Å². The molecule has 5 rings (SSSR count). The highest BCUT2D eigenvalue weighted by molar-refractivity contribution is 7.80. The SMILES string of the molecule is Cc1nn(C)c2nc(C3CC3)cc(C(=O)NNC(=S)Nc3cnn(Cc4ccc(Cl)c(Cl)c4)c3)c12. The predicted molar refractivity (Wildman–Crippen MR) is 140 cm³/mol. The van der Waals surface area contributed by atoms with Crippen molar-refractivity contribution in [2.24, 2.45) is 7.05 Å². The van der Waals surface area contributed by atoms with Gasteiger partial charge in [0, 0.05) is 24.9 Å². The number of nitrogens with zero attached hydrogens (tertiary/aromatic N) is 5. The molecule has 0 atom stereocenters. The van der Waals surface area contributed by atoms with Gasteiger partial charge in [-0.2, -0.15) is 10.2 Å². The Bertz CT molecular complexity index is 1460. The average Bonchev–Trinajstić information content (AvgIpc) is 3.53. The second kappa shape index (κ2) is 9.44. The summed E-state index contributed by atoms with van der Waals surface area (Å²) in [6.45, 7) is 2.38. The fourth-order valence-electron chi connectivity index (χ4n) is 3.91. The first-order valence-electron chi connectivity index (χ1n) is 11.0. The Hall–Kier alpha value is -3.21. The summed E-state index contributed by atoms with van der Waals surface area (Å²) in [5.41, 5.74) is 9.96. The normalized spacial score (nSPS) is 13.1. The number of rotatable bonds is 5. The Labute approximate surface area is 216 Å². The van der Waals surface area contributed by atoms with Crippen LogP contribution in [-0.2, 0) is 13.6 Å². The van der Waals surface area contributed by atoms with Crippen molar-refractivity contribution in [3.8, 4) is 0 Å². The lowest BCUT2D eigenvalue weighted by atomic mass is 10.1. The molecule has 1 aromatic carbocycles. The van der Waals surface area contributed by atoms with Crippen LogP contribution < -0.4 is 16.2 Å². The zero-order chi connectivity index (χ0) is 24.7. The number of carbonyl (C=O) groups is 1. The van der Waals surface area contributed by atoms with Crippen LogP contribution in [0, 0.1) is 6.92 Å². The minimum atomic E-state index is -0.310. The molecule has 0 saturated heterocycles. The van der Waals surface area contributed by atoms with E-state index in [9.17, 15) is 4.79 Å². The number of benzene rings is 1. The molecule has 0 bridgehead atoms. The third-order valence-corrected chi connectivity index (χ3v) is 6.68. The maximum Gasteiger partial charge on any atom is 0.270 e. The van der Waals surface area contributed by atoms with Crippen molar-refractivity contribution in [2.45, 2.75) is 32.2 Å². The minimum Gasteiger partial charge on any atom is -0.329 e. The topological polar surface area (TPSA) is 102 Å². The zero-order valence-corrected chi connectivity index (χ0v) is 21.3. The number of aryl methyl sites for hydroxylation is 2. The van der Waals surface area contributed by atoms with Crippen LogP contribution in [0.15, 0.2) is 36.7 Å². The Morgan fingerprint density at radius 1 is 1.20 bits per heavy atom. The Morgan fingerprint density at radius 2 is 2.00 bits per heavy atom. The van der Waals surface area contributed by atoms with Crippen LogP contribution in [0.5, 0.6) is 0 Å². The van der Waals surface area contributed by atoms with Gasteiger partial charge in [0.1, 0.15) is 0 Å². The van der Waals surface area contributed by atoms with Gasteiger partial charge in [0.05, 0.1) is 45.1 Å². The number of thiocarbonyl (C=S) groups is 1. The summed E-state index contributed by atoms with van der Waals surface area (Å²) >= 11 is 17.4. The zero-order valence-electron chi connectivity index (χ0n) is 19.0. The van der Waals surface area contributed by atoms with Gasteiger partial charge in [-0.3, -0.25) is 25.0 Å². The Balaban J connectivity index is 1.23. The van der Waals surface area contributed by atoms with E-state index in [1.165, 1.54) is 0 Å². The van der Waals surface area contributed by atoms with E-state index >= 15 is 0 Å². The number of amides is 1. The van der Waals surface area contributed by atoms with E-state index in [2.05, 4.69) is 26.4 Å². The molecule has 180 valence electrons. The number of aromatic nitrogens is 5. The van der Waals surface area contributed by atoms with Crippen molar-refractivity contribution in [3.05, 3.63) is 69.2 Å². The number of halogens is 2. The summed E-state index contributed by atoms with van der Waals surface area (Å²) in [7, 11) is 1.83. The number of fused-ring (bicyclic) bond motifs is 1. The molecule has 12 heteroatoms. The number of hydrazine groups is 1. The van der Waals surface area contributed by atoms with Crippen LogP contribution in [0.25, 0.3) is 11.0 Å². The molecule has 1 aliphatic rings. The molecule has 3 heterocycles. The number of hydrogen-bond donors (Lipinski definition) is 3. The third-order valence-electron chi connectivity index (χ3n) is 5.74. The molecular weight excluding hydrogens is 507 g/mol. The monoisotopic (exact) mass is 528 g/mol. The third kappa shape index (κ3) is 5.09. The van der Waals surface area contributed by atoms with E-state index in [0.717, 1.165) is 35.2 Å². The quantitative estimate of drug-likeness (QED) is 0.261. The molecule has 0 radical (unpaired) electrons. The fraction of sp³-hybridized carbons (Fsp3) is 0.261. The van der Waals surface area contributed by atoms with Crippen molar-refractivity contribution in [3.63, 3.8) is 0 Å². The lowest BCUT2D eigenvalue weighted by molar-refractivity contribution is 0.0945. The van der Waals surface area contributed by atoms with Crippen molar-refractivity contribution in [2.75, 3.05) is 5.32 Å². The first kappa shape index (κ1) is 23.5. The molecule has 3 N–H and O–H groups in total. The molecule has 1 fully saturated rings. The number of nitrogens with one attached hydrogen (secondary N) is 3. The molecule has 4 aromatic rings. The molecule has 0 spiro atoms. The number of anilines is 1. The minimum absolute atomic E-state index is 0.225. The van der Waals surface area contributed by atoms with Crippen LogP contribution in [0.2, 0.25) is 10.0 Å². The highest BCUT2D eigenvalue weighted by Crippen LogP contribution is 2.40. The molecule has 35 heavy (non-hydrogen) atoms. The van der Waals surface area contributed by atoms with Crippen LogP contribution >= 0.6 is 35.4 Å². The first-order valence-corrected chi connectivity index (χ1v) is 12.1. The summed E-state index contributed by atoms with van der Waals surface area (Å²) in [5.74, 6) is 0.0900. The predicted octanol–water partition coefficient (Wildman–Crippen LogP) is 4.34. The lowest BCUT2D eigenvalue weighted by Gasteiger charge is -2.12. The molecule has 0 unspecified atom stereocenters. The maximum atomic E-state index is 13.1. The maximum absolute atomic E-state index is 13.1. The van der Waals surface area contributed by atoms with Gasteiger partial charge in [0.15, 0.2) is 10.8 Å². The summed E-state index contributed by atoms with van der Waals surface area (Å²) in [5, 5.41) is 13.7. The second-order valence-corrected chi connectivity index (χ2v) is 9.71. The van der Waals surface area contributed by atoms with E-state index in [-0.39, 0.29) is 11.0 Å². The number of carbonyl (C=O) groups excluding carboxylic acids is 1. The first-order chi connectivity index (χ1) is 16.8. The lowest BCUT2D eigenvalue weighted by Crippen LogP contribution is -2.43. The van der Waals surface area contributed by atoms with Crippen LogP contribution in [-0.4, -0.2) is 35.6 Å². The van der Waals surface area contributed by atoms with E-state index in [1.807, 2.05) is 26.1 Å². The molecule has 1 aliphatic carbocycles. The van der Waals surface area contributed by atoms with E-state index in [1.54, 1.807) is 33.9 Å². The van der Waals surface area contributed by atoms with E-state index < -0.39 is 0 Å². The van der Waals surface area contributed by atoms with Gasteiger partial charge < -0.3 is 5.32 Å². The molecular formula is C23H22Cl2N8OS. The van der Waals surface area contributed by atoms with Crippen molar-refractivity contribution >= 4 is 63.2 Å². The number of pyridine rings is 1. The molecule has 1 amide bonds. The fourth-order valence-corrected chi connectivity index (χ4v) is 4.40. The standard InChI is InChI=1S/C23H22Cl2N8OS/c1-12-20-16(8-19(14-4-5-14)28-21(20)32(2)31-12)22(34)29-30-23(35)27-15-9-26-33(11-15)10-13-3-6-17(24)18(25)7-13/h3,6-9,11,14H,4-5,10H2,1-2H3,(H,29,34)(H2,27,30,35). The Morgan fingerprint density at radius 3 is 2.74 bits per heavy atom. The van der Waals surface area contributed by atoms with Gasteiger partial charge in [-0.15, -0.1) is 0 Å². The van der Waals surface area contributed by atoms with Crippen molar-refractivity contribution in [1.29, 1.82) is 0 Å². The smallest absolute Gasteiger partial charge is 0.270 e. The summed E-state index contributed by atoms with van der Waals surface area (Å²) in [6, 6.07) is 7.30. The van der Waals surface area contributed by atoms with Crippen LogP contribution in [0.3, 0.4) is 0 Å². The largest absolute Gasteiger partial charge is 0.329 e. The molecule has 0 aliphatic heterocycles. The van der Waals surface area contributed by atoms with Gasteiger partial charge >= 0.3 is 0 Å². The van der Waals surface area contributed by atoms with Crippen LogP contribution in [0.4, 0.5) is 5.69 Å². The van der Waals surface area contributed by atoms with Crippen molar-refractivity contribution in [1.82, 2.24) is 35.4 Å². The second-order valence-electron chi connectivity index (χ2n) is 8.48. The highest BCUT2D eigenvalue weighted by atomic mass is 35.5. The average molecular weight is 529 g/mol. The van der Waals surface area contributed by atoms with E-state index in [0.29, 0.717) is 39.4 Å².